The molecule has 11 nitrogen and oxygen atoms in total. The minimum atomic E-state index is -1.83. The minimum Gasteiger partial charge on any atom is -0.497 e. The monoisotopic (exact) mass is 710 g/mol. The van der Waals surface area contributed by atoms with E-state index in [0.29, 0.717) is 54.2 Å². The predicted molar refractivity (Wildman–Crippen MR) is 203 cm³/mol. The Hall–Kier alpha value is -5.91. The Morgan fingerprint density at radius 3 is 2.40 bits per heavy atom. The summed E-state index contributed by atoms with van der Waals surface area (Å²) in [5.74, 6) is -0.799. The fourth-order valence-corrected chi connectivity index (χ4v) is 7.01. The van der Waals surface area contributed by atoms with Crippen molar-refractivity contribution in [2.24, 2.45) is 11.0 Å². The second kappa shape index (κ2) is 15.4. The van der Waals surface area contributed by atoms with Gasteiger partial charge in [0.1, 0.15) is 5.75 Å². The molecule has 2 aliphatic heterocycles. The number of aliphatic hydroxyl groups is 2. The molecule has 53 heavy (non-hydrogen) atoms. The van der Waals surface area contributed by atoms with E-state index in [1.54, 1.807) is 34.9 Å². The molecule has 11 heteroatoms. The van der Waals surface area contributed by atoms with Crippen molar-refractivity contribution in [2.45, 2.75) is 50.8 Å². The summed E-state index contributed by atoms with van der Waals surface area (Å²) in [6, 6.07) is 32.3. The molecule has 2 N–H and O–H groups in total. The summed E-state index contributed by atoms with van der Waals surface area (Å²) in [6.45, 7) is 2.50. The molecule has 7 rings (SSSR count). The van der Waals surface area contributed by atoms with E-state index in [1.165, 1.54) is 5.01 Å². The molecule has 3 heterocycles. The van der Waals surface area contributed by atoms with Gasteiger partial charge in [-0.1, -0.05) is 97.1 Å². The van der Waals surface area contributed by atoms with Crippen LogP contribution in [0.1, 0.15) is 60.1 Å². The molecule has 0 aliphatic carbocycles. The summed E-state index contributed by atoms with van der Waals surface area (Å²) in [7, 11) is 1.55. The number of allylic oxidation sites excluding steroid dienone is 1. The maximum absolute atomic E-state index is 14.2. The number of nitrogens with zero attached hydrogens (tertiary/aromatic N) is 6. The molecule has 270 valence electrons. The number of hydrogen-bond donors (Lipinski definition) is 2. The van der Waals surface area contributed by atoms with Crippen molar-refractivity contribution in [2.75, 3.05) is 23.6 Å². The number of aryl methyl sites for hydroxylation is 1. The lowest BCUT2D eigenvalue weighted by Gasteiger charge is -2.28. The van der Waals surface area contributed by atoms with Gasteiger partial charge in [0, 0.05) is 37.1 Å². The maximum Gasteiger partial charge on any atom is 0.264 e. The van der Waals surface area contributed by atoms with Crippen LogP contribution >= 0.6 is 0 Å². The van der Waals surface area contributed by atoms with Crippen molar-refractivity contribution < 1.29 is 24.5 Å². The van der Waals surface area contributed by atoms with E-state index >= 15 is 0 Å². The standard InChI is InChI=1S/C42H42N6O5/c1-29(11-9-10-24-46-27-38(43-45-46)35(28-49)31-12-5-3-6-13-31)42(52)36-25-34(53-2)20-22-39(36)47(41(42)51)26-30-16-18-33(19-17-30)48-40(50)23-21-37(44-48)32-14-7-4-8-15-32/h3-9,11-20,22,25,27,29,35,49,52H,10,21,23-24,26,28H2,1-2H3/b11-9+/t29-,35?,42+/m1/s1. The fraction of sp³-hybridized carbons (Fsp3) is 0.262. The molecule has 0 saturated heterocycles. The number of aliphatic hydroxyl groups excluding tert-OH is 1. The molecule has 4 aromatic carbocycles. The Morgan fingerprint density at radius 1 is 0.943 bits per heavy atom. The summed E-state index contributed by atoms with van der Waals surface area (Å²) in [5, 5.41) is 36.9. The maximum atomic E-state index is 14.2. The van der Waals surface area contributed by atoms with Crippen LogP contribution < -0.4 is 14.6 Å². The fourth-order valence-electron chi connectivity index (χ4n) is 7.01. The summed E-state index contributed by atoms with van der Waals surface area (Å²) in [6.07, 6.45) is 7.17. The number of rotatable bonds is 13. The highest BCUT2D eigenvalue weighted by Crippen LogP contribution is 2.47. The smallest absolute Gasteiger partial charge is 0.264 e. The molecular weight excluding hydrogens is 668 g/mol. The lowest BCUT2D eigenvalue weighted by Crippen LogP contribution is -2.44. The third-order valence-corrected chi connectivity index (χ3v) is 10.0. The van der Waals surface area contributed by atoms with Gasteiger partial charge in [0.05, 0.1) is 49.0 Å². The van der Waals surface area contributed by atoms with E-state index in [1.807, 2.05) is 110 Å². The molecule has 0 radical (unpaired) electrons. The van der Waals surface area contributed by atoms with Crippen molar-refractivity contribution in [3.8, 4) is 5.75 Å². The van der Waals surface area contributed by atoms with E-state index in [0.717, 1.165) is 22.4 Å². The van der Waals surface area contributed by atoms with Gasteiger partial charge >= 0.3 is 0 Å². The van der Waals surface area contributed by atoms with Crippen molar-refractivity contribution in [3.05, 3.63) is 149 Å². The Kier molecular flexibility index (Phi) is 10.3. The number of carbonyl (C=O) groups is 2. The predicted octanol–water partition coefficient (Wildman–Crippen LogP) is 5.96. The van der Waals surface area contributed by atoms with Gasteiger partial charge in [0.15, 0.2) is 5.60 Å². The number of hydrazone groups is 1. The number of benzene rings is 4. The average molecular weight is 711 g/mol. The zero-order valence-corrected chi connectivity index (χ0v) is 29.7. The molecule has 2 amide bonds. The van der Waals surface area contributed by atoms with Gasteiger partial charge < -0.3 is 19.8 Å². The summed E-state index contributed by atoms with van der Waals surface area (Å²) >= 11 is 0. The largest absolute Gasteiger partial charge is 0.497 e. The first kappa shape index (κ1) is 35.5. The molecule has 5 aromatic rings. The lowest BCUT2D eigenvalue weighted by molar-refractivity contribution is -0.139. The number of methoxy groups -OCH3 is 1. The van der Waals surface area contributed by atoms with Crippen LogP contribution in [-0.4, -0.2) is 56.4 Å². The van der Waals surface area contributed by atoms with Crippen LogP contribution in [0, 0.1) is 5.92 Å². The third-order valence-electron chi connectivity index (χ3n) is 10.0. The number of anilines is 2. The number of carbonyl (C=O) groups excluding carboxylic acids is 2. The molecule has 1 aromatic heterocycles. The van der Waals surface area contributed by atoms with Gasteiger partial charge in [-0.3, -0.25) is 14.3 Å². The van der Waals surface area contributed by atoms with E-state index < -0.39 is 17.4 Å². The van der Waals surface area contributed by atoms with Crippen molar-refractivity contribution in [1.29, 1.82) is 0 Å². The zero-order valence-electron chi connectivity index (χ0n) is 29.7. The van der Waals surface area contributed by atoms with Crippen LogP contribution in [0.4, 0.5) is 11.4 Å². The average Bonchev–Trinajstić information content (AvgIpc) is 3.75. The molecule has 1 unspecified atom stereocenters. The SMILES string of the molecule is COc1ccc2c(c1)[C@@](O)([C@H](C)/C=C/CCn1cc(C(CO)c3ccccc3)nn1)C(=O)N2Cc1ccc(N2N=C(c3ccccc3)CCC2=O)cc1. The Bertz CT molecular complexity index is 2130. The molecule has 3 atom stereocenters. The minimum absolute atomic E-state index is 0.0773. The van der Waals surface area contributed by atoms with Crippen LogP contribution in [-0.2, 0) is 28.3 Å². The van der Waals surface area contributed by atoms with Gasteiger partial charge in [-0.25, -0.2) is 5.01 Å². The Morgan fingerprint density at radius 2 is 1.68 bits per heavy atom. The second-order valence-electron chi connectivity index (χ2n) is 13.4. The van der Waals surface area contributed by atoms with Crippen molar-refractivity contribution in [3.63, 3.8) is 0 Å². The molecule has 2 aliphatic rings. The highest BCUT2D eigenvalue weighted by atomic mass is 16.5. The topological polar surface area (TPSA) is 133 Å². The molecule has 0 spiro atoms. The number of ether oxygens (including phenoxy) is 1. The molecular formula is C42H42N6O5. The van der Waals surface area contributed by atoms with Gasteiger partial charge in [-0.05, 0) is 53.4 Å². The number of aromatic nitrogens is 3. The normalized spacial score (nSPS) is 18.3. The highest BCUT2D eigenvalue weighted by molar-refractivity contribution is 6.09. The van der Waals surface area contributed by atoms with Crippen molar-refractivity contribution in [1.82, 2.24) is 15.0 Å². The quantitative estimate of drug-likeness (QED) is 0.144. The summed E-state index contributed by atoms with van der Waals surface area (Å²) in [4.78, 5) is 28.7. The number of fused-ring (bicyclic) bond motifs is 1. The third kappa shape index (κ3) is 7.13. The molecule has 0 bridgehead atoms. The van der Waals surface area contributed by atoms with Gasteiger partial charge in [0.25, 0.3) is 5.91 Å². The molecule has 0 fully saturated rings. The van der Waals surface area contributed by atoms with E-state index in [2.05, 4.69) is 15.4 Å². The first-order valence-electron chi connectivity index (χ1n) is 17.8. The van der Waals surface area contributed by atoms with Gasteiger partial charge in [0.2, 0.25) is 5.91 Å². The van der Waals surface area contributed by atoms with Crippen molar-refractivity contribution >= 4 is 28.9 Å². The van der Waals surface area contributed by atoms with Crippen LogP contribution in [0.25, 0.3) is 0 Å². The summed E-state index contributed by atoms with van der Waals surface area (Å²) < 4.78 is 7.22. The van der Waals surface area contributed by atoms with Crippen LogP contribution in [0.3, 0.4) is 0 Å². The molecule has 0 saturated carbocycles. The first-order valence-corrected chi connectivity index (χ1v) is 17.8. The summed E-state index contributed by atoms with van der Waals surface area (Å²) in [5.41, 5.74) is 4.24. The van der Waals surface area contributed by atoms with E-state index in [9.17, 15) is 19.8 Å². The van der Waals surface area contributed by atoms with Crippen LogP contribution in [0.2, 0.25) is 0 Å². The van der Waals surface area contributed by atoms with Crippen LogP contribution in [0.5, 0.6) is 5.75 Å². The Balaban J connectivity index is 1.05. The van der Waals surface area contributed by atoms with Gasteiger partial charge in [-0.2, -0.15) is 5.10 Å². The van der Waals surface area contributed by atoms with Crippen LogP contribution in [0.15, 0.2) is 127 Å². The zero-order chi connectivity index (χ0) is 37.0. The number of hydrogen-bond acceptors (Lipinski definition) is 8. The highest BCUT2D eigenvalue weighted by Gasteiger charge is 2.52. The lowest BCUT2D eigenvalue weighted by atomic mass is 9.83. The van der Waals surface area contributed by atoms with E-state index in [4.69, 9.17) is 4.74 Å². The van der Waals surface area contributed by atoms with Gasteiger partial charge in [-0.15, -0.1) is 5.10 Å². The second-order valence-corrected chi connectivity index (χ2v) is 13.4. The number of amides is 2. The van der Waals surface area contributed by atoms with E-state index in [-0.39, 0.29) is 25.0 Å². The first-order chi connectivity index (χ1) is 25.8. The Labute approximate surface area is 308 Å².